The SMILES string of the molecule is CC#CCC(NC(=O)OCC1c2ccccc2-c2ccccc21)C(=O)NCC(C)(CC)C(=O)O. The summed E-state index contributed by atoms with van der Waals surface area (Å²) in [5.74, 6) is 3.91. The fraction of sp³-hybridized carbons (Fsp3) is 0.370. The number of carboxylic acids is 1. The Kier molecular flexibility index (Phi) is 7.95. The monoisotopic (exact) mass is 462 g/mol. The topological polar surface area (TPSA) is 105 Å². The number of hydrogen-bond acceptors (Lipinski definition) is 4. The molecule has 7 heteroatoms. The van der Waals surface area contributed by atoms with Crippen molar-refractivity contribution in [3.63, 3.8) is 0 Å². The zero-order chi connectivity index (χ0) is 24.7. The summed E-state index contributed by atoms with van der Waals surface area (Å²) in [5, 5.41) is 14.6. The van der Waals surface area contributed by atoms with Crippen LogP contribution in [0.5, 0.6) is 0 Å². The molecule has 0 fully saturated rings. The molecule has 2 aromatic rings. The molecule has 2 amide bonds. The van der Waals surface area contributed by atoms with Crippen molar-refractivity contribution in [1.29, 1.82) is 0 Å². The van der Waals surface area contributed by atoms with Gasteiger partial charge in [0.15, 0.2) is 0 Å². The van der Waals surface area contributed by atoms with Crippen molar-refractivity contribution in [1.82, 2.24) is 10.6 Å². The van der Waals surface area contributed by atoms with Crippen molar-refractivity contribution >= 4 is 18.0 Å². The highest BCUT2D eigenvalue weighted by Gasteiger charge is 2.33. The molecule has 3 rings (SSSR count). The number of ether oxygens (including phenoxy) is 1. The normalized spacial score (nSPS) is 14.4. The summed E-state index contributed by atoms with van der Waals surface area (Å²) in [7, 11) is 0. The minimum atomic E-state index is -1.10. The third-order valence-corrected chi connectivity index (χ3v) is 6.38. The highest BCUT2D eigenvalue weighted by molar-refractivity contribution is 5.86. The van der Waals surface area contributed by atoms with E-state index in [0.717, 1.165) is 22.3 Å². The molecular weight excluding hydrogens is 432 g/mol. The molecule has 2 unspecified atom stereocenters. The predicted molar refractivity (Wildman–Crippen MR) is 129 cm³/mol. The average Bonchev–Trinajstić information content (AvgIpc) is 3.17. The van der Waals surface area contributed by atoms with Gasteiger partial charge in [0.1, 0.15) is 12.6 Å². The summed E-state index contributed by atoms with van der Waals surface area (Å²) >= 11 is 0. The van der Waals surface area contributed by atoms with Gasteiger partial charge in [0.05, 0.1) is 5.41 Å². The van der Waals surface area contributed by atoms with E-state index in [1.807, 2.05) is 36.4 Å². The van der Waals surface area contributed by atoms with Crippen LogP contribution in [0.2, 0.25) is 0 Å². The minimum Gasteiger partial charge on any atom is -0.481 e. The maximum Gasteiger partial charge on any atom is 0.407 e. The highest BCUT2D eigenvalue weighted by Crippen LogP contribution is 2.44. The van der Waals surface area contributed by atoms with E-state index in [1.165, 1.54) is 0 Å². The van der Waals surface area contributed by atoms with E-state index in [-0.39, 0.29) is 25.5 Å². The van der Waals surface area contributed by atoms with Gasteiger partial charge in [-0.3, -0.25) is 9.59 Å². The lowest BCUT2D eigenvalue weighted by molar-refractivity contribution is -0.148. The number of carbonyl (C=O) groups is 3. The first kappa shape index (κ1) is 24.8. The Morgan fingerprint density at radius 2 is 1.68 bits per heavy atom. The van der Waals surface area contributed by atoms with Gasteiger partial charge in [0, 0.05) is 18.9 Å². The van der Waals surface area contributed by atoms with Gasteiger partial charge in [-0.25, -0.2) is 4.79 Å². The van der Waals surface area contributed by atoms with E-state index >= 15 is 0 Å². The molecule has 1 aliphatic carbocycles. The van der Waals surface area contributed by atoms with Crippen LogP contribution < -0.4 is 10.6 Å². The molecule has 7 nitrogen and oxygen atoms in total. The second-order valence-corrected chi connectivity index (χ2v) is 8.59. The first-order valence-corrected chi connectivity index (χ1v) is 11.3. The van der Waals surface area contributed by atoms with E-state index < -0.39 is 29.4 Å². The number of hydrogen-bond donors (Lipinski definition) is 3. The number of benzene rings is 2. The van der Waals surface area contributed by atoms with Crippen LogP contribution in [0.3, 0.4) is 0 Å². The van der Waals surface area contributed by atoms with Gasteiger partial charge in [0.2, 0.25) is 5.91 Å². The minimum absolute atomic E-state index is 0.0555. The number of aliphatic carboxylic acids is 1. The molecule has 2 aromatic carbocycles. The lowest BCUT2D eigenvalue weighted by Gasteiger charge is -2.25. The Morgan fingerprint density at radius 3 is 2.21 bits per heavy atom. The van der Waals surface area contributed by atoms with Crippen LogP contribution in [0.1, 0.15) is 50.7 Å². The maximum atomic E-state index is 12.7. The molecule has 0 aliphatic heterocycles. The summed E-state index contributed by atoms with van der Waals surface area (Å²) in [5.41, 5.74) is 3.34. The van der Waals surface area contributed by atoms with Crippen LogP contribution in [0.15, 0.2) is 48.5 Å². The zero-order valence-corrected chi connectivity index (χ0v) is 19.7. The number of carbonyl (C=O) groups excluding carboxylic acids is 2. The third kappa shape index (κ3) is 5.40. The van der Waals surface area contributed by atoms with Gasteiger partial charge in [-0.05, 0) is 42.5 Å². The summed E-state index contributed by atoms with van der Waals surface area (Å²) < 4.78 is 5.53. The van der Waals surface area contributed by atoms with Crippen molar-refractivity contribution < 1.29 is 24.2 Å². The molecule has 0 radical (unpaired) electrons. The van der Waals surface area contributed by atoms with E-state index in [2.05, 4.69) is 34.6 Å². The Morgan fingerprint density at radius 1 is 1.09 bits per heavy atom. The summed E-state index contributed by atoms with van der Waals surface area (Å²) in [6, 6.07) is 15.1. The van der Waals surface area contributed by atoms with Crippen LogP contribution in [-0.2, 0) is 14.3 Å². The molecule has 0 saturated heterocycles. The van der Waals surface area contributed by atoms with Crippen molar-refractivity contribution in [2.45, 2.75) is 45.6 Å². The van der Waals surface area contributed by atoms with Gasteiger partial charge < -0.3 is 20.5 Å². The summed E-state index contributed by atoms with van der Waals surface area (Å²) in [6.45, 7) is 5.02. The number of carboxylic acid groups (broad SMARTS) is 1. The van der Waals surface area contributed by atoms with Gasteiger partial charge in [-0.15, -0.1) is 11.8 Å². The second kappa shape index (κ2) is 10.9. The number of nitrogens with one attached hydrogen (secondary N) is 2. The van der Waals surface area contributed by atoms with E-state index in [1.54, 1.807) is 20.8 Å². The Hall–Kier alpha value is -3.79. The Bertz CT molecular complexity index is 1090. The Balaban J connectivity index is 1.65. The van der Waals surface area contributed by atoms with Gasteiger partial charge >= 0.3 is 12.1 Å². The van der Waals surface area contributed by atoms with E-state index in [4.69, 9.17) is 4.74 Å². The maximum absolute atomic E-state index is 12.7. The fourth-order valence-electron chi connectivity index (χ4n) is 3.95. The van der Waals surface area contributed by atoms with Crippen molar-refractivity contribution in [3.05, 3.63) is 59.7 Å². The van der Waals surface area contributed by atoms with Gasteiger partial charge in [-0.1, -0.05) is 55.5 Å². The number of rotatable bonds is 9. The third-order valence-electron chi connectivity index (χ3n) is 6.38. The van der Waals surface area contributed by atoms with Crippen LogP contribution in [-0.4, -0.2) is 42.3 Å². The van der Waals surface area contributed by atoms with Crippen LogP contribution in [0.4, 0.5) is 4.79 Å². The largest absolute Gasteiger partial charge is 0.481 e. The molecule has 0 spiro atoms. The van der Waals surface area contributed by atoms with Crippen molar-refractivity contribution in [3.8, 4) is 23.0 Å². The van der Waals surface area contributed by atoms with Gasteiger partial charge in [0.25, 0.3) is 0 Å². The quantitative estimate of drug-likeness (QED) is 0.490. The van der Waals surface area contributed by atoms with Crippen LogP contribution in [0, 0.1) is 17.3 Å². The average molecular weight is 463 g/mol. The van der Waals surface area contributed by atoms with Crippen LogP contribution >= 0.6 is 0 Å². The Labute approximate surface area is 199 Å². The lowest BCUT2D eigenvalue weighted by atomic mass is 9.87. The summed E-state index contributed by atoms with van der Waals surface area (Å²) in [4.78, 5) is 36.8. The first-order chi connectivity index (χ1) is 16.3. The van der Waals surface area contributed by atoms with E-state index in [9.17, 15) is 19.5 Å². The molecule has 0 heterocycles. The fourth-order valence-corrected chi connectivity index (χ4v) is 3.95. The van der Waals surface area contributed by atoms with Crippen molar-refractivity contribution in [2.75, 3.05) is 13.2 Å². The lowest BCUT2D eigenvalue weighted by Crippen LogP contribution is -2.50. The number of fused-ring (bicyclic) bond motifs is 3. The number of alkyl carbamates (subject to hydrolysis) is 1. The molecule has 0 aromatic heterocycles. The molecule has 178 valence electrons. The zero-order valence-electron chi connectivity index (χ0n) is 19.7. The molecule has 0 bridgehead atoms. The standard InChI is InChI=1S/C27H30N2O5/c1-4-6-15-23(24(30)28-17-27(3,5-2)25(31)32)29-26(33)34-16-22-20-13-9-7-11-18(20)19-12-8-10-14-21(19)22/h7-14,22-23H,5,15-17H2,1-3H3,(H,28,30)(H,29,33)(H,31,32). The van der Waals surface area contributed by atoms with Crippen molar-refractivity contribution in [2.24, 2.45) is 5.41 Å². The molecular formula is C27H30N2O5. The molecule has 3 N–H and O–H groups in total. The first-order valence-electron chi connectivity index (χ1n) is 11.3. The molecule has 2 atom stereocenters. The molecule has 34 heavy (non-hydrogen) atoms. The van der Waals surface area contributed by atoms with Gasteiger partial charge in [-0.2, -0.15) is 0 Å². The molecule has 1 aliphatic rings. The highest BCUT2D eigenvalue weighted by atomic mass is 16.5. The number of amides is 2. The predicted octanol–water partition coefficient (Wildman–Crippen LogP) is 3.92. The van der Waals surface area contributed by atoms with Crippen LogP contribution in [0.25, 0.3) is 11.1 Å². The molecule has 0 saturated carbocycles. The smallest absolute Gasteiger partial charge is 0.407 e. The summed E-state index contributed by atoms with van der Waals surface area (Å²) in [6.07, 6.45) is -0.291. The van der Waals surface area contributed by atoms with E-state index in [0.29, 0.717) is 6.42 Å². The second-order valence-electron chi connectivity index (χ2n) is 8.59.